The van der Waals surface area contributed by atoms with Crippen LogP contribution in [0.1, 0.15) is 30.9 Å². The lowest BCUT2D eigenvalue weighted by atomic mass is 9.71. The van der Waals surface area contributed by atoms with Gasteiger partial charge in [0.1, 0.15) is 17.0 Å². The first-order valence-corrected chi connectivity index (χ1v) is 7.15. The molecule has 0 amide bonds. The van der Waals surface area contributed by atoms with Gasteiger partial charge in [-0.1, -0.05) is 37.6 Å². The quantitative estimate of drug-likeness (QED) is 0.773. The normalized spacial score (nSPS) is 11.3. The maximum Gasteiger partial charge on any atom is 0.320 e. The molecular formula is C18H18F2O2. The van der Waals surface area contributed by atoms with Gasteiger partial charge in [-0.2, -0.15) is 0 Å². The zero-order valence-electron chi connectivity index (χ0n) is 12.6. The second kappa shape index (κ2) is 6.69. The third-order valence-electron chi connectivity index (χ3n) is 3.83. The van der Waals surface area contributed by atoms with E-state index in [-0.39, 0.29) is 11.6 Å². The Labute approximate surface area is 128 Å². The molecule has 0 bridgehead atoms. The van der Waals surface area contributed by atoms with E-state index in [0.29, 0.717) is 24.0 Å². The number of rotatable bonds is 5. The summed E-state index contributed by atoms with van der Waals surface area (Å²) in [6, 6.07) is 11.5. The van der Waals surface area contributed by atoms with Crippen molar-refractivity contribution >= 4 is 5.97 Å². The molecule has 0 aliphatic heterocycles. The Kier molecular flexibility index (Phi) is 4.91. The molecule has 2 nitrogen and oxygen atoms in total. The zero-order chi connectivity index (χ0) is 16.2. The fraction of sp³-hybridized carbons (Fsp3) is 0.278. The van der Waals surface area contributed by atoms with Gasteiger partial charge in [-0.3, -0.25) is 4.79 Å². The molecule has 4 heteroatoms. The molecule has 2 aromatic carbocycles. The highest BCUT2D eigenvalue weighted by Gasteiger charge is 2.42. The maximum absolute atomic E-state index is 13.2. The van der Waals surface area contributed by atoms with E-state index in [1.165, 1.54) is 31.4 Å². The van der Waals surface area contributed by atoms with E-state index in [2.05, 4.69) is 0 Å². The molecule has 2 rings (SSSR count). The Morgan fingerprint density at radius 1 is 0.955 bits per heavy atom. The van der Waals surface area contributed by atoms with E-state index in [4.69, 9.17) is 4.74 Å². The predicted octanol–water partition coefficient (Wildman–Crippen LogP) is 4.22. The molecule has 0 unspecified atom stereocenters. The Hall–Kier alpha value is -2.23. The van der Waals surface area contributed by atoms with Crippen molar-refractivity contribution in [2.75, 3.05) is 7.11 Å². The van der Waals surface area contributed by atoms with Crippen LogP contribution in [0.3, 0.4) is 0 Å². The van der Waals surface area contributed by atoms with Crippen LogP contribution < -0.4 is 0 Å². The zero-order valence-corrected chi connectivity index (χ0v) is 12.6. The molecule has 0 radical (unpaired) electrons. The lowest BCUT2D eigenvalue weighted by Gasteiger charge is -2.32. The first-order valence-electron chi connectivity index (χ1n) is 7.15. The smallest absolute Gasteiger partial charge is 0.320 e. The number of esters is 1. The van der Waals surface area contributed by atoms with Crippen molar-refractivity contribution in [3.8, 4) is 0 Å². The molecule has 0 saturated carbocycles. The molecule has 116 valence electrons. The summed E-state index contributed by atoms with van der Waals surface area (Å²) in [7, 11) is 1.32. The van der Waals surface area contributed by atoms with Gasteiger partial charge in [-0.25, -0.2) is 8.78 Å². The Morgan fingerprint density at radius 3 is 1.68 bits per heavy atom. The third-order valence-corrected chi connectivity index (χ3v) is 3.83. The monoisotopic (exact) mass is 304 g/mol. The van der Waals surface area contributed by atoms with Gasteiger partial charge in [0, 0.05) is 0 Å². The molecule has 0 fully saturated rings. The predicted molar refractivity (Wildman–Crippen MR) is 80.5 cm³/mol. The Morgan fingerprint density at radius 2 is 1.36 bits per heavy atom. The summed E-state index contributed by atoms with van der Waals surface area (Å²) in [6.45, 7) is 1.95. The van der Waals surface area contributed by atoms with Crippen molar-refractivity contribution in [1.29, 1.82) is 0 Å². The highest BCUT2D eigenvalue weighted by atomic mass is 19.1. The number of carbonyl (C=O) groups is 1. The van der Waals surface area contributed by atoms with Crippen LogP contribution in [-0.2, 0) is 14.9 Å². The van der Waals surface area contributed by atoms with Gasteiger partial charge in [0.15, 0.2) is 0 Å². The number of benzene rings is 2. The lowest BCUT2D eigenvalue weighted by molar-refractivity contribution is -0.146. The number of methoxy groups -OCH3 is 1. The number of hydrogen-bond acceptors (Lipinski definition) is 2. The van der Waals surface area contributed by atoms with Gasteiger partial charge < -0.3 is 4.74 Å². The molecular weight excluding hydrogens is 286 g/mol. The van der Waals surface area contributed by atoms with Crippen LogP contribution in [0.4, 0.5) is 8.78 Å². The van der Waals surface area contributed by atoms with E-state index < -0.39 is 11.4 Å². The van der Waals surface area contributed by atoms with Crippen LogP contribution in [0.2, 0.25) is 0 Å². The minimum atomic E-state index is -1.06. The largest absolute Gasteiger partial charge is 0.468 e. The van der Waals surface area contributed by atoms with Crippen molar-refractivity contribution in [3.05, 3.63) is 71.3 Å². The summed E-state index contributed by atoms with van der Waals surface area (Å²) in [5.74, 6) is -1.19. The highest BCUT2D eigenvalue weighted by molar-refractivity contribution is 5.87. The average Bonchev–Trinajstić information content (AvgIpc) is 2.54. The summed E-state index contributed by atoms with van der Waals surface area (Å²) in [4.78, 5) is 12.6. The molecule has 22 heavy (non-hydrogen) atoms. The SMILES string of the molecule is CCCC(C(=O)OC)(c1ccc(F)cc1)c1ccc(F)cc1. The van der Waals surface area contributed by atoms with E-state index in [9.17, 15) is 13.6 Å². The van der Waals surface area contributed by atoms with Crippen molar-refractivity contribution < 1.29 is 18.3 Å². The van der Waals surface area contributed by atoms with Crippen LogP contribution in [0.25, 0.3) is 0 Å². The summed E-state index contributed by atoms with van der Waals surface area (Å²) in [5.41, 5.74) is 0.202. The third kappa shape index (κ3) is 2.86. The molecule has 0 aliphatic rings. The second-order valence-corrected chi connectivity index (χ2v) is 5.16. The minimum absolute atomic E-state index is 0.377. The van der Waals surface area contributed by atoms with Gasteiger partial charge in [0.05, 0.1) is 7.11 Å². The van der Waals surface area contributed by atoms with Crippen molar-refractivity contribution in [3.63, 3.8) is 0 Å². The molecule has 0 aromatic heterocycles. The molecule has 0 N–H and O–H groups in total. The van der Waals surface area contributed by atoms with E-state index in [1.807, 2.05) is 6.92 Å². The number of halogens is 2. The van der Waals surface area contributed by atoms with Crippen molar-refractivity contribution in [1.82, 2.24) is 0 Å². The first kappa shape index (κ1) is 16.1. The Balaban J connectivity index is 2.67. The fourth-order valence-corrected chi connectivity index (χ4v) is 2.81. The van der Waals surface area contributed by atoms with Gasteiger partial charge in [0.2, 0.25) is 0 Å². The Bertz CT molecular complexity index is 588. The number of carbonyl (C=O) groups excluding carboxylic acids is 1. The summed E-state index contributed by atoms with van der Waals surface area (Å²) in [6.07, 6.45) is 1.20. The standard InChI is InChI=1S/C18H18F2O2/c1-3-12-18(17(21)22-2,13-4-8-15(19)9-5-13)14-6-10-16(20)11-7-14/h4-11H,3,12H2,1-2H3. The molecule has 0 spiro atoms. The van der Waals surface area contributed by atoms with Gasteiger partial charge in [0.25, 0.3) is 0 Å². The van der Waals surface area contributed by atoms with Crippen LogP contribution in [0.15, 0.2) is 48.5 Å². The van der Waals surface area contributed by atoms with Crippen molar-refractivity contribution in [2.45, 2.75) is 25.2 Å². The maximum atomic E-state index is 13.2. The van der Waals surface area contributed by atoms with E-state index in [1.54, 1.807) is 24.3 Å². The van der Waals surface area contributed by atoms with Gasteiger partial charge >= 0.3 is 5.97 Å². The van der Waals surface area contributed by atoms with E-state index >= 15 is 0 Å². The number of ether oxygens (including phenoxy) is 1. The summed E-state index contributed by atoms with van der Waals surface area (Å²) < 4.78 is 31.5. The molecule has 0 saturated heterocycles. The van der Waals surface area contributed by atoms with Crippen LogP contribution in [-0.4, -0.2) is 13.1 Å². The van der Waals surface area contributed by atoms with Gasteiger partial charge in [-0.15, -0.1) is 0 Å². The molecule has 0 heterocycles. The second-order valence-electron chi connectivity index (χ2n) is 5.16. The average molecular weight is 304 g/mol. The molecule has 2 aromatic rings. The lowest BCUT2D eigenvalue weighted by Crippen LogP contribution is -2.38. The molecule has 0 aliphatic carbocycles. The van der Waals surface area contributed by atoms with Crippen molar-refractivity contribution in [2.24, 2.45) is 0 Å². The van der Waals surface area contributed by atoms with Crippen LogP contribution >= 0.6 is 0 Å². The van der Waals surface area contributed by atoms with Gasteiger partial charge in [-0.05, 0) is 41.8 Å². The molecule has 0 atom stereocenters. The topological polar surface area (TPSA) is 26.3 Å². The summed E-state index contributed by atoms with van der Waals surface area (Å²) in [5, 5.41) is 0. The first-order chi connectivity index (χ1) is 10.5. The minimum Gasteiger partial charge on any atom is -0.468 e. The highest BCUT2D eigenvalue weighted by Crippen LogP contribution is 2.38. The van der Waals surface area contributed by atoms with E-state index in [0.717, 1.165) is 0 Å². The number of hydrogen-bond donors (Lipinski definition) is 0. The van der Waals surface area contributed by atoms with Crippen LogP contribution in [0.5, 0.6) is 0 Å². The summed E-state index contributed by atoms with van der Waals surface area (Å²) >= 11 is 0. The fourth-order valence-electron chi connectivity index (χ4n) is 2.81. The van der Waals surface area contributed by atoms with Crippen LogP contribution in [0, 0.1) is 11.6 Å².